The second-order valence-electron chi connectivity index (χ2n) is 9.37. The number of carboxylic acid groups (broad SMARTS) is 1. The predicted molar refractivity (Wildman–Crippen MR) is 126 cm³/mol. The number of aromatic nitrogens is 1. The van der Waals surface area contributed by atoms with Crippen molar-refractivity contribution in [3.8, 4) is 23.1 Å². The molecule has 2 aromatic rings. The maximum absolute atomic E-state index is 12.6. The van der Waals surface area contributed by atoms with Gasteiger partial charge in [0, 0.05) is 23.4 Å². The Bertz CT molecular complexity index is 1240. The summed E-state index contributed by atoms with van der Waals surface area (Å²) in [6, 6.07) is 7.73. The van der Waals surface area contributed by atoms with Gasteiger partial charge in [0.05, 0.1) is 30.0 Å². The number of aromatic carboxylic acids is 1. The molecule has 0 radical (unpaired) electrons. The lowest BCUT2D eigenvalue weighted by atomic mass is 9.91. The summed E-state index contributed by atoms with van der Waals surface area (Å²) < 4.78 is 8.01. The number of allylic oxidation sites excluding steroid dienone is 1. The molecule has 1 fully saturated rings. The zero-order valence-electron chi connectivity index (χ0n) is 19.4. The molecule has 1 N–H and O–H groups in total. The lowest BCUT2D eigenvalue weighted by Gasteiger charge is -2.44. The van der Waals surface area contributed by atoms with Crippen molar-refractivity contribution in [3.05, 3.63) is 63.5 Å². The van der Waals surface area contributed by atoms with Crippen molar-refractivity contribution in [3.63, 3.8) is 0 Å². The van der Waals surface area contributed by atoms with Crippen LogP contribution in [0.3, 0.4) is 0 Å². The number of benzene rings is 1. The molecule has 7 heteroatoms. The van der Waals surface area contributed by atoms with Crippen LogP contribution in [0.4, 0.5) is 0 Å². The molecule has 1 aromatic carbocycles. The zero-order valence-corrected chi connectivity index (χ0v) is 19.4. The van der Waals surface area contributed by atoms with Gasteiger partial charge in [0.15, 0.2) is 5.43 Å². The van der Waals surface area contributed by atoms with Gasteiger partial charge >= 0.3 is 5.97 Å². The Morgan fingerprint density at radius 3 is 2.79 bits per heavy atom. The van der Waals surface area contributed by atoms with Gasteiger partial charge in [0.25, 0.3) is 0 Å². The van der Waals surface area contributed by atoms with E-state index in [1.54, 1.807) is 0 Å². The first-order valence-corrected chi connectivity index (χ1v) is 11.4. The topological polar surface area (TPSA) is 95.6 Å². The predicted octanol–water partition coefficient (Wildman–Crippen LogP) is 4.58. The monoisotopic (exact) mass is 447 g/mol. The Morgan fingerprint density at radius 1 is 1.36 bits per heavy atom. The van der Waals surface area contributed by atoms with Gasteiger partial charge in [-0.1, -0.05) is 13.5 Å². The summed E-state index contributed by atoms with van der Waals surface area (Å²) in [6.07, 6.45) is 5.40. The molecule has 33 heavy (non-hydrogen) atoms. The van der Waals surface area contributed by atoms with Crippen molar-refractivity contribution in [1.82, 2.24) is 4.68 Å². The molecule has 0 amide bonds. The number of ether oxygens (including phenoxy) is 1. The van der Waals surface area contributed by atoms with Gasteiger partial charge in [-0.15, -0.1) is 0 Å². The fourth-order valence-electron chi connectivity index (χ4n) is 5.01. The lowest BCUT2D eigenvalue weighted by molar-refractivity contribution is 0.0694. The molecule has 7 nitrogen and oxygen atoms in total. The Balaban J connectivity index is 1.81. The number of pyridine rings is 1. The van der Waals surface area contributed by atoms with Crippen LogP contribution in [0.1, 0.15) is 74.0 Å². The first-order chi connectivity index (χ1) is 15.7. The number of nitriles is 1. The molecule has 2 aliphatic rings. The summed E-state index contributed by atoms with van der Waals surface area (Å²) in [7, 11) is 0. The van der Waals surface area contributed by atoms with Gasteiger partial charge in [-0.05, 0) is 69.2 Å². The fraction of sp³-hybridized carbons (Fsp3) is 0.423. The van der Waals surface area contributed by atoms with Crippen molar-refractivity contribution >= 4 is 5.97 Å². The first-order valence-electron chi connectivity index (χ1n) is 11.4. The largest absolute Gasteiger partial charge is 0.493 e. The molecule has 0 aliphatic carbocycles. The fourth-order valence-corrected chi connectivity index (χ4v) is 5.01. The Kier molecular flexibility index (Phi) is 5.79. The van der Waals surface area contributed by atoms with E-state index >= 15 is 0 Å². The first kappa shape index (κ1) is 22.7. The molecular weight excluding hydrogens is 418 g/mol. The Hall–Kier alpha value is -3.53. The van der Waals surface area contributed by atoms with Gasteiger partial charge in [0.1, 0.15) is 11.3 Å². The Morgan fingerprint density at radius 2 is 2.12 bits per heavy atom. The van der Waals surface area contributed by atoms with Crippen LogP contribution in [0.25, 0.3) is 11.3 Å². The number of carbonyl (C=O) groups is 1. The molecule has 0 bridgehead atoms. The van der Waals surface area contributed by atoms with Gasteiger partial charge in [-0.3, -0.25) is 14.5 Å². The lowest BCUT2D eigenvalue weighted by Crippen LogP contribution is -2.50. The molecule has 0 unspecified atom stereocenters. The van der Waals surface area contributed by atoms with E-state index in [1.165, 1.54) is 12.3 Å². The summed E-state index contributed by atoms with van der Waals surface area (Å²) in [6.45, 7) is 10.5. The van der Waals surface area contributed by atoms with Crippen molar-refractivity contribution in [2.24, 2.45) is 0 Å². The van der Waals surface area contributed by atoms with Crippen molar-refractivity contribution in [1.29, 1.82) is 5.26 Å². The summed E-state index contributed by atoms with van der Waals surface area (Å²) in [5.74, 6) is -0.395. The van der Waals surface area contributed by atoms with E-state index in [-0.39, 0.29) is 17.1 Å². The van der Waals surface area contributed by atoms with E-state index in [4.69, 9.17) is 10.00 Å². The second kappa shape index (κ2) is 8.43. The van der Waals surface area contributed by atoms with Crippen LogP contribution in [0.2, 0.25) is 0 Å². The minimum atomic E-state index is -1.22. The SMILES string of the molecule is C=C(C#N)CCCOc1cc2c(cc1CC)-c1cc(=O)c(C(=O)O)cn1N1[C@@H]2CCC1(C)C. The molecule has 4 rings (SSSR count). The third-order valence-corrected chi connectivity index (χ3v) is 6.73. The van der Waals surface area contributed by atoms with Crippen LogP contribution in [0, 0.1) is 11.3 Å². The highest BCUT2D eigenvalue weighted by Gasteiger charge is 2.45. The van der Waals surface area contributed by atoms with E-state index in [0.29, 0.717) is 30.7 Å². The third kappa shape index (κ3) is 3.91. The molecule has 172 valence electrons. The van der Waals surface area contributed by atoms with E-state index in [1.807, 2.05) is 4.68 Å². The van der Waals surface area contributed by atoms with Crippen molar-refractivity contribution < 1.29 is 14.6 Å². The highest BCUT2D eigenvalue weighted by atomic mass is 16.5. The van der Waals surface area contributed by atoms with Gasteiger partial charge < -0.3 is 9.84 Å². The van der Waals surface area contributed by atoms with E-state index in [9.17, 15) is 14.7 Å². The normalized spacial score (nSPS) is 17.5. The zero-order chi connectivity index (χ0) is 23.9. The number of hydrogen-bond donors (Lipinski definition) is 1. The second-order valence-corrected chi connectivity index (χ2v) is 9.37. The van der Waals surface area contributed by atoms with Gasteiger partial charge in [-0.2, -0.15) is 5.26 Å². The standard InChI is InChI=1S/C26H29N3O4/c1-5-17-11-18-19(12-24(17)33-10-6-7-16(2)14-27)21-8-9-26(3,4)29(21)28-15-20(25(31)32)23(30)13-22(18)28/h11-13,15,21H,2,5-10H2,1,3-4H3,(H,31,32)/t21-/m1/s1. The highest BCUT2D eigenvalue weighted by Crippen LogP contribution is 2.49. The Labute approximate surface area is 193 Å². The number of carboxylic acids is 1. The highest BCUT2D eigenvalue weighted by molar-refractivity contribution is 5.88. The van der Waals surface area contributed by atoms with E-state index in [0.717, 1.165) is 41.7 Å². The van der Waals surface area contributed by atoms with Gasteiger partial charge in [0.2, 0.25) is 0 Å². The van der Waals surface area contributed by atoms with E-state index < -0.39 is 11.4 Å². The van der Waals surface area contributed by atoms with Crippen LogP contribution >= 0.6 is 0 Å². The third-order valence-electron chi connectivity index (χ3n) is 6.73. The van der Waals surface area contributed by atoms with Crippen LogP contribution in [-0.2, 0) is 6.42 Å². The minimum absolute atomic E-state index is 0.0540. The summed E-state index contributed by atoms with van der Waals surface area (Å²) in [4.78, 5) is 24.3. The molecule has 2 aliphatic heterocycles. The summed E-state index contributed by atoms with van der Waals surface area (Å²) in [5, 5.41) is 20.6. The average Bonchev–Trinajstić information content (AvgIpc) is 3.10. The molecule has 1 aromatic heterocycles. The number of nitrogens with zero attached hydrogens (tertiary/aromatic N) is 3. The number of hydrogen-bond acceptors (Lipinski definition) is 5. The summed E-state index contributed by atoms with van der Waals surface area (Å²) >= 11 is 0. The smallest absolute Gasteiger partial charge is 0.341 e. The van der Waals surface area contributed by atoms with Crippen LogP contribution < -0.4 is 15.2 Å². The maximum Gasteiger partial charge on any atom is 0.341 e. The van der Waals surface area contributed by atoms with Crippen LogP contribution in [-0.4, -0.2) is 27.9 Å². The quantitative estimate of drug-likeness (QED) is 0.493. The van der Waals surface area contributed by atoms with Crippen molar-refractivity contribution in [2.45, 2.75) is 64.5 Å². The number of fused-ring (bicyclic) bond motifs is 6. The summed E-state index contributed by atoms with van der Waals surface area (Å²) in [5.41, 5.74) is 3.40. The van der Waals surface area contributed by atoms with Gasteiger partial charge in [-0.25, -0.2) is 4.79 Å². The van der Waals surface area contributed by atoms with Crippen LogP contribution in [0.15, 0.2) is 41.3 Å². The molecule has 1 atom stereocenters. The minimum Gasteiger partial charge on any atom is -0.493 e. The molecule has 3 heterocycles. The maximum atomic E-state index is 12.6. The number of aryl methyl sites for hydroxylation is 1. The van der Waals surface area contributed by atoms with E-state index in [2.05, 4.69) is 50.6 Å². The molecule has 0 saturated carbocycles. The molecule has 1 saturated heterocycles. The van der Waals surface area contributed by atoms with Crippen molar-refractivity contribution in [2.75, 3.05) is 11.6 Å². The molecule has 0 spiro atoms. The molecular formula is C26H29N3O4. The average molecular weight is 448 g/mol. The van der Waals surface area contributed by atoms with Crippen LogP contribution in [0.5, 0.6) is 5.75 Å². The number of rotatable bonds is 7.